The van der Waals surface area contributed by atoms with Gasteiger partial charge in [-0.05, 0) is 31.2 Å². The number of hydrogen-bond acceptors (Lipinski definition) is 4. The molecule has 1 aromatic carbocycles. The fraction of sp³-hybridized carbons (Fsp3) is 0.385. The highest BCUT2D eigenvalue weighted by Crippen LogP contribution is 2.29. The van der Waals surface area contributed by atoms with Crippen LogP contribution in [0.15, 0.2) is 18.2 Å². The summed E-state index contributed by atoms with van der Waals surface area (Å²) >= 11 is 0. The monoisotopic (exact) mass is 244 g/mol. The Morgan fingerprint density at radius 2 is 2.33 bits per heavy atom. The molecule has 0 aromatic heterocycles. The molecule has 0 spiro atoms. The van der Waals surface area contributed by atoms with Crippen LogP contribution in [-0.4, -0.2) is 25.5 Å². The van der Waals surface area contributed by atoms with Crippen LogP contribution in [0.3, 0.4) is 0 Å². The number of nitrogens with two attached hydrogens (primary N) is 1. The van der Waals surface area contributed by atoms with Crippen molar-refractivity contribution in [2.24, 2.45) is 5.73 Å². The van der Waals surface area contributed by atoms with E-state index in [4.69, 9.17) is 11.0 Å². The summed E-state index contributed by atoms with van der Waals surface area (Å²) in [6.07, 6.45) is 1.34. The second-order valence-corrected chi connectivity index (χ2v) is 4.27. The first-order chi connectivity index (χ1) is 8.74. The summed E-state index contributed by atoms with van der Waals surface area (Å²) in [6, 6.07) is 7.45. The molecule has 0 radical (unpaired) electrons. The van der Waals surface area contributed by atoms with Gasteiger partial charge in [-0.2, -0.15) is 5.26 Å². The second-order valence-electron chi connectivity index (χ2n) is 4.27. The fourth-order valence-corrected chi connectivity index (χ4v) is 2.07. The minimum atomic E-state index is -0.0124. The molecule has 5 nitrogen and oxygen atoms in total. The van der Waals surface area contributed by atoms with E-state index in [1.165, 1.54) is 0 Å². The molecule has 0 aliphatic carbocycles. The Bertz CT molecular complexity index is 492. The summed E-state index contributed by atoms with van der Waals surface area (Å²) in [7, 11) is 0. The van der Waals surface area contributed by atoms with Crippen LogP contribution in [-0.2, 0) is 4.79 Å². The van der Waals surface area contributed by atoms with Crippen LogP contribution in [0.5, 0.6) is 0 Å². The Balaban J connectivity index is 2.33. The summed E-state index contributed by atoms with van der Waals surface area (Å²) in [5.74, 6) is -0.0124. The lowest BCUT2D eigenvalue weighted by Crippen LogP contribution is -2.27. The van der Waals surface area contributed by atoms with Gasteiger partial charge in [-0.3, -0.25) is 4.79 Å². The second kappa shape index (κ2) is 5.52. The third kappa shape index (κ3) is 2.60. The molecule has 5 heteroatoms. The SMILES string of the molecule is N#Cc1ccc2c(c1)NC(=O)CCN2CCCN. The van der Waals surface area contributed by atoms with Crippen LogP contribution < -0.4 is 16.0 Å². The predicted molar refractivity (Wildman–Crippen MR) is 70.3 cm³/mol. The Morgan fingerprint density at radius 1 is 1.50 bits per heavy atom. The van der Waals surface area contributed by atoms with E-state index in [-0.39, 0.29) is 5.91 Å². The number of fused-ring (bicyclic) bond motifs is 1. The van der Waals surface area contributed by atoms with E-state index < -0.39 is 0 Å². The maximum atomic E-state index is 11.6. The zero-order chi connectivity index (χ0) is 13.0. The first-order valence-electron chi connectivity index (χ1n) is 6.03. The molecular formula is C13H16N4O. The maximum absolute atomic E-state index is 11.6. The number of nitriles is 1. The zero-order valence-electron chi connectivity index (χ0n) is 10.1. The molecule has 2 rings (SSSR count). The van der Waals surface area contributed by atoms with E-state index in [1.807, 2.05) is 6.07 Å². The normalized spacial score (nSPS) is 14.4. The molecule has 94 valence electrons. The molecule has 0 saturated carbocycles. The summed E-state index contributed by atoms with van der Waals surface area (Å²) in [4.78, 5) is 13.8. The van der Waals surface area contributed by atoms with Gasteiger partial charge in [0.25, 0.3) is 0 Å². The molecular weight excluding hydrogens is 228 g/mol. The Morgan fingerprint density at radius 3 is 3.06 bits per heavy atom. The van der Waals surface area contributed by atoms with Crippen LogP contribution >= 0.6 is 0 Å². The van der Waals surface area contributed by atoms with Crippen LogP contribution in [0.4, 0.5) is 11.4 Å². The first-order valence-corrected chi connectivity index (χ1v) is 6.03. The number of nitrogens with zero attached hydrogens (tertiary/aromatic N) is 2. The zero-order valence-corrected chi connectivity index (χ0v) is 10.1. The maximum Gasteiger partial charge on any atom is 0.226 e. The number of benzene rings is 1. The number of anilines is 2. The van der Waals surface area contributed by atoms with Crippen LogP contribution in [0.1, 0.15) is 18.4 Å². The topological polar surface area (TPSA) is 82.2 Å². The average molecular weight is 244 g/mol. The molecule has 1 heterocycles. The minimum Gasteiger partial charge on any atom is -0.369 e. The summed E-state index contributed by atoms with van der Waals surface area (Å²) in [5, 5.41) is 11.7. The quantitative estimate of drug-likeness (QED) is 0.832. The van der Waals surface area contributed by atoms with Crippen LogP contribution in [0.25, 0.3) is 0 Å². The van der Waals surface area contributed by atoms with Crippen molar-refractivity contribution in [3.05, 3.63) is 23.8 Å². The molecule has 1 amide bonds. The van der Waals surface area contributed by atoms with Gasteiger partial charge in [0.05, 0.1) is 23.0 Å². The molecule has 1 aliphatic rings. The standard InChI is InChI=1S/C13H16N4O/c14-5-1-6-17-7-4-13(18)16-11-8-10(9-15)2-3-12(11)17/h2-3,8H,1,4-7,14H2,(H,16,18). The van der Waals surface area contributed by atoms with Crippen molar-refractivity contribution in [1.29, 1.82) is 5.26 Å². The van der Waals surface area contributed by atoms with E-state index >= 15 is 0 Å². The van der Waals surface area contributed by atoms with Crippen molar-refractivity contribution in [2.45, 2.75) is 12.8 Å². The van der Waals surface area contributed by atoms with Gasteiger partial charge >= 0.3 is 0 Å². The van der Waals surface area contributed by atoms with Crippen molar-refractivity contribution in [3.8, 4) is 6.07 Å². The predicted octanol–water partition coefficient (Wildman–Crippen LogP) is 1.06. The van der Waals surface area contributed by atoms with Crippen molar-refractivity contribution in [1.82, 2.24) is 0 Å². The van der Waals surface area contributed by atoms with Crippen molar-refractivity contribution in [3.63, 3.8) is 0 Å². The van der Waals surface area contributed by atoms with E-state index in [9.17, 15) is 4.79 Å². The van der Waals surface area contributed by atoms with E-state index in [1.54, 1.807) is 12.1 Å². The average Bonchev–Trinajstić information content (AvgIpc) is 2.54. The number of nitrogens with one attached hydrogen (secondary N) is 1. The van der Waals surface area contributed by atoms with Crippen molar-refractivity contribution >= 4 is 17.3 Å². The Hall–Kier alpha value is -2.06. The Labute approximate surface area is 106 Å². The number of rotatable bonds is 3. The molecule has 0 unspecified atom stereocenters. The smallest absolute Gasteiger partial charge is 0.226 e. The van der Waals surface area contributed by atoms with Crippen molar-refractivity contribution < 1.29 is 4.79 Å². The third-order valence-electron chi connectivity index (χ3n) is 2.98. The lowest BCUT2D eigenvalue weighted by Gasteiger charge is -2.23. The molecule has 0 atom stereocenters. The van der Waals surface area contributed by atoms with Gasteiger partial charge in [-0.1, -0.05) is 0 Å². The Kier molecular flexibility index (Phi) is 3.80. The van der Waals surface area contributed by atoms with Gasteiger partial charge in [-0.25, -0.2) is 0 Å². The number of carbonyl (C=O) groups is 1. The lowest BCUT2D eigenvalue weighted by molar-refractivity contribution is -0.115. The van der Waals surface area contributed by atoms with Gasteiger partial charge in [0.1, 0.15) is 0 Å². The van der Waals surface area contributed by atoms with E-state index in [0.29, 0.717) is 30.8 Å². The van der Waals surface area contributed by atoms with Gasteiger partial charge in [0, 0.05) is 19.5 Å². The van der Waals surface area contributed by atoms with Gasteiger partial charge in [0.15, 0.2) is 0 Å². The molecule has 3 N–H and O–H groups in total. The number of hydrogen-bond donors (Lipinski definition) is 2. The highest BCUT2D eigenvalue weighted by atomic mass is 16.1. The van der Waals surface area contributed by atoms with E-state index in [2.05, 4.69) is 16.3 Å². The largest absolute Gasteiger partial charge is 0.369 e. The van der Waals surface area contributed by atoms with Crippen LogP contribution in [0.2, 0.25) is 0 Å². The summed E-state index contributed by atoms with van der Waals surface area (Å²) < 4.78 is 0. The van der Waals surface area contributed by atoms with Gasteiger partial charge in [0.2, 0.25) is 5.91 Å². The minimum absolute atomic E-state index is 0.0124. The third-order valence-corrected chi connectivity index (χ3v) is 2.98. The molecule has 1 aromatic rings. The molecule has 0 bridgehead atoms. The summed E-state index contributed by atoms with van der Waals surface area (Å²) in [5.41, 5.74) is 7.76. The summed E-state index contributed by atoms with van der Waals surface area (Å²) in [6.45, 7) is 2.14. The van der Waals surface area contributed by atoms with Crippen molar-refractivity contribution in [2.75, 3.05) is 29.9 Å². The number of amides is 1. The van der Waals surface area contributed by atoms with Crippen LogP contribution in [0, 0.1) is 11.3 Å². The molecule has 1 aliphatic heterocycles. The lowest BCUT2D eigenvalue weighted by atomic mass is 10.1. The molecule has 18 heavy (non-hydrogen) atoms. The molecule has 0 saturated heterocycles. The number of carbonyl (C=O) groups excluding carboxylic acids is 1. The highest BCUT2D eigenvalue weighted by Gasteiger charge is 2.18. The van der Waals surface area contributed by atoms with Gasteiger partial charge < -0.3 is 16.0 Å². The van der Waals surface area contributed by atoms with E-state index in [0.717, 1.165) is 18.7 Å². The fourth-order valence-electron chi connectivity index (χ4n) is 2.07. The molecule has 0 fully saturated rings. The first kappa shape index (κ1) is 12.4. The highest BCUT2D eigenvalue weighted by molar-refractivity contribution is 5.96. The van der Waals surface area contributed by atoms with Gasteiger partial charge in [-0.15, -0.1) is 0 Å².